The van der Waals surface area contributed by atoms with E-state index in [9.17, 15) is 0 Å². The highest BCUT2D eigenvalue weighted by Crippen LogP contribution is 2.42. The Morgan fingerprint density at radius 3 is 2.59 bits per heavy atom. The molecule has 4 rings (SSSR count). The maximum Gasteiger partial charge on any atom is 0.231 e. The van der Waals surface area contributed by atoms with Crippen LogP contribution in [0.15, 0.2) is 36.4 Å². The Morgan fingerprint density at radius 2 is 1.81 bits per heavy atom. The van der Waals surface area contributed by atoms with Crippen LogP contribution in [0.1, 0.15) is 12.5 Å². The summed E-state index contributed by atoms with van der Waals surface area (Å²) in [6, 6.07) is 12.4. The zero-order chi connectivity index (χ0) is 18.6. The zero-order valence-corrected chi connectivity index (χ0v) is 15.9. The van der Waals surface area contributed by atoms with Crippen LogP contribution in [0.3, 0.4) is 0 Å². The van der Waals surface area contributed by atoms with E-state index >= 15 is 0 Å². The van der Waals surface area contributed by atoms with Gasteiger partial charge in [0.1, 0.15) is 5.75 Å². The SMILES string of the molecule is CCOc1ccccc1N1CCN(Cc2cc(OC)c3c(c2)OCO3)CC1. The van der Waals surface area contributed by atoms with Crippen LogP contribution in [0.25, 0.3) is 0 Å². The first-order valence-electron chi connectivity index (χ1n) is 9.44. The minimum Gasteiger partial charge on any atom is -0.493 e. The molecule has 0 aliphatic carbocycles. The number of fused-ring (bicyclic) bond motifs is 1. The molecule has 27 heavy (non-hydrogen) atoms. The number of hydrogen-bond acceptors (Lipinski definition) is 6. The minimum atomic E-state index is 0.257. The molecule has 0 N–H and O–H groups in total. The van der Waals surface area contributed by atoms with Crippen molar-refractivity contribution in [3.63, 3.8) is 0 Å². The minimum absolute atomic E-state index is 0.257. The van der Waals surface area contributed by atoms with Crippen LogP contribution < -0.4 is 23.8 Å². The van der Waals surface area contributed by atoms with E-state index in [1.165, 1.54) is 11.3 Å². The molecule has 1 saturated heterocycles. The van der Waals surface area contributed by atoms with Crippen molar-refractivity contribution in [2.45, 2.75) is 13.5 Å². The van der Waals surface area contributed by atoms with E-state index in [1.54, 1.807) is 7.11 Å². The normalized spacial score (nSPS) is 16.4. The summed E-state index contributed by atoms with van der Waals surface area (Å²) in [6.07, 6.45) is 0. The van der Waals surface area contributed by atoms with Gasteiger partial charge in [0, 0.05) is 32.7 Å². The van der Waals surface area contributed by atoms with Crippen LogP contribution in [0.4, 0.5) is 5.69 Å². The Kier molecular flexibility index (Phi) is 5.25. The Bertz CT molecular complexity index is 788. The molecule has 0 atom stereocenters. The molecular formula is C21H26N2O4. The summed E-state index contributed by atoms with van der Waals surface area (Å²) in [6.45, 7) is 7.78. The lowest BCUT2D eigenvalue weighted by Gasteiger charge is -2.36. The molecule has 0 spiro atoms. The van der Waals surface area contributed by atoms with Gasteiger partial charge in [-0.3, -0.25) is 4.90 Å². The predicted octanol–water partition coefficient (Wildman–Crippen LogP) is 3.14. The Hall–Kier alpha value is -2.60. The zero-order valence-electron chi connectivity index (χ0n) is 15.9. The van der Waals surface area contributed by atoms with Crippen molar-refractivity contribution < 1.29 is 18.9 Å². The van der Waals surface area contributed by atoms with Gasteiger partial charge in [0.25, 0.3) is 0 Å². The molecule has 6 heteroatoms. The average Bonchev–Trinajstić information content (AvgIpc) is 3.17. The van der Waals surface area contributed by atoms with Crippen LogP contribution in [-0.4, -0.2) is 51.6 Å². The largest absolute Gasteiger partial charge is 0.493 e. The van der Waals surface area contributed by atoms with Crippen molar-refractivity contribution in [3.8, 4) is 23.0 Å². The van der Waals surface area contributed by atoms with E-state index < -0.39 is 0 Å². The van der Waals surface area contributed by atoms with Gasteiger partial charge in [0.05, 0.1) is 19.4 Å². The van der Waals surface area contributed by atoms with Gasteiger partial charge in [0.15, 0.2) is 11.5 Å². The molecule has 1 fully saturated rings. The Balaban J connectivity index is 1.41. The highest BCUT2D eigenvalue weighted by Gasteiger charge is 2.23. The lowest BCUT2D eigenvalue weighted by molar-refractivity contribution is 0.171. The summed E-state index contributed by atoms with van der Waals surface area (Å²) in [4.78, 5) is 4.86. The molecule has 2 aromatic rings. The lowest BCUT2D eigenvalue weighted by Crippen LogP contribution is -2.46. The number of ether oxygens (including phenoxy) is 4. The fourth-order valence-electron chi connectivity index (χ4n) is 3.68. The number of piperazine rings is 1. The van der Waals surface area contributed by atoms with E-state index in [2.05, 4.69) is 28.0 Å². The molecular weight excluding hydrogens is 344 g/mol. The molecule has 6 nitrogen and oxygen atoms in total. The quantitative estimate of drug-likeness (QED) is 0.778. The fourth-order valence-corrected chi connectivity index (χ4v) is 3.68. The summed E-state index contributed by atoms with van der Waals surface area (Å²) in [7, 11) is 1.66. The molecule has 0 unspecified atom stereocenters. The smallest absolute Gasteiger partial charge is 0.231 e. The predicted molar refractivity (Wildman–Crippen MR) is 104 cm³/mol. The fraction of sp³-hybridized carbons (Fsp3) is 0.429. The molecule has 2 aliphatic heterocycles. The van der Waals surface area contributed by atoms with E-state index in [0.717, 1.165) is 50.0 Å². The molecule has 0 bridgehead atoms. The standard InChI is InChI=1S/C21H26N2O4/c1-3-25-18-7-5-4-6-17(18)23-10-8-22(9-11-23)14-16-12-19(24-2)21-20(13-16)26-15-27-21/h4-7,12-13H,3,8-11,14-15H2,1-2H3. The molecule has 2 aliphatic rings. The second-order valence-electron chi connectivity index (χ2n) is 6.70. The molecule has 0 amide bonds. The van der Waals surface area contributed by atoms with Gasteiger partial charge < -0.3 is 23.8 Å². The molecule has 0 saturated carbocycles. The van der Waals surface area contributed by atoms with Crippen LogP contribution >= 0.6 is 0 Å². The van der Waals surface area contributed by atoms with Gasteiger partial charge in [-0.25, -0.2) is 0 Å². The number of nitrogens with zero attached hydrogens (tertiary/aromatic N) is 2. The third-order valence-corrected chi connectivity index (χ3v) is 5.00. The summed E-state index contributed by atoms with van der Waals surface area (Å²) in [5, 5.41) is 0. The van der Waals surface area contributed by atoms with Crippen molar-refractivity contribution in [1.82, 2.24) is 4.90 Å². The highest BCUT2D eigenvalue weighted by atomic mass is 16.7. The van der Waals surface area contributed by atoms with Crippen molar-refractivity contribution in [3.05, 3.63) is 42.0 Å². The first-order chi connectivity index (χ1) is 13.3. The summed E-state index contributed by atoms with van der Waals surface area (Å²) in [5.41, 5.74) is 2.36. The first kappa shape index (κ1) is 17.8. The van der Waals surface area contributed by atoms with Crippen molar-refractivity contribution in [2.75, 3.05) is 51.6 Å². The van der Waals surface area contributed by atoms with Crippen LogP contribution in [0.5, 0.6) is 23.0 Å². The molecule has 0 radical (unpaired) electrons. The maximum absolute atomic E-state index is 5.79. The van der Waals surface area contributed by atoms with Gasteiger partial charge in [-0.1, -0.05) is 12.1 Å². The van der Waals surface area contributed by atoms with Crippen molar-refractivity contribution in [2.24, 2.45) is 0 Å². The van der Waals surface area contributed by atoms with Crippen molar-refractivity contribution in [1.29, 1.82) is 0 Å². The van der Waals surface area contributed by atoms with Crippen LogP contribution in [-0.2, 0) is 6.54 Å². The van der Waals surface area contributed by atoms with Gasteiger partial charge in [-0.2, -0.15) is 0 Å². The summed E-state index contributed by atoms with van der Waals surface area (Å²) >= 11 is 0. The van der Waals surface area contributed by atoms with Gasteiger partial charge in [-0.05, 0) is 36.8 Å². The molecule has 2 heterocycles. The number of para-hydroxylation sites is 2. The van der Waals surface area contributed by atoms with Crippen molar-refractivity contribution >= 4 is 5.69 Å². The summed E-state index contributed by atoms with van der Waals surface area (Å²) < 4.78 is 22.3. The second kappa shape index (κ2) is 7.96. The molecule has 0 aromatic heterocycles. The number of benzene rings is 2. The molecule has 2 aromatic carbocycles. The Labute approximate surface area is 160 Å². The average molecular weight is 370 g/mol. The number of anilines is 1. The van der Waals surface area contributed by atoms with E-state index in [-0.39, 0.29) is 6.79 Å². The van der Waals surface area contributed by atoms with E-state index in [0.29, 0.717) is 12.4 Å². The summed E-state index contributed by atoms with van der Waals surface area (Å²) in [5.74, 6) is 3.19. The van der Waals surface area contributed by atoms with Crippen LogP contribution in [0, 0.1) is 0 Å². The van der Waals surface area contributed by atoms with E-state index in [1.807, 2.05) is 25.1 Å². The van der Waals surface area contributed by atoms with Gasteiger partial charge >= 0.3 is 0 Å². The van der Waals surface area contributed by atoms with Crippen LogP contribution in [0.2, 0.25) is 0 Å². The monoisotopic (exact) mass is 370 g/mol. The molecule has 144 valence electrons. The third kappa shape index (κ3) is 3.76. The first-order valence-corrected chi connectivity index (χ1v) is 9.44. The number of hydrogen-bond donors (Lipinski definition) is 0. The number of methoxy groups -OCH3 is 1. The highest BCUT2D eigenvalue weighted by molar-refractivity contribution is 5.59. The van der Waals surface area contributed by atoms with Gasteiger partial charge in [0.2, 0.25) is 12.5 Å². The number of rotatable bonds is 6. The maximum atomic E-state index is 5.79. The second-order valence-corrected chi connectivity index (χ2v) is 6.70. The van der Waals surface area contributed by atoms with Gasteiger partial charge in [-0.15, -0.1) is 0 Å². The Morgan fingerprint density at radius 1 is 1.00 bits per heavy atom. The third-order valence-electron chi connectivity index (χ3n) is 5.00. The topological polar surface area (TPSA) is 43.4 Å². The van der Waals surface area contributed by atoms with E-state index in [4.69, 9.17) is 18.9 Å². The lowest BCUT2D eigenvalue weighted by atomic mass is 10.1.